The van der Waals surface area contributed by atoms with Gasteiger partial charge in [0, 0.05) is 56.3 Å². The average Bonchev–Trinajstić information content (AvgIpc) is 3.10. The summed E-state index contributed by atoms with van der Waals surface area (Å²) in [5, 5.41) is 3.41. The molecule has 1 atom stereocenters. The van der Waals surface area contributed by atoms with Crippen LogP contribution in [-0.4, -0.2) is 79.2 Å². The Labute approximate surface area is 188 Å². The maximum absolute atomic E-state index is 5.34. The van der Waals surface area contributed by atoms with E-state index in [1.807, 2.05) is 12.1 Å². The summed E-state index contributed by atoms with van der Waals surface area (Å²) in [6, 6.07) is 8.92. The van der Waals surface area contributed by atoms with Crippen LogP contribution in [-0.2, 0) is 0 Å². The maximum Gasteiger partial charge on any atom is 0.141 e. The molecule has 2 fully saturated rings. The Bertz CT molecular complexity index is 1010. The van der Waals surface area contributed by atoms with Crippen LogP contribution in [0.5, 0.6) is 5.75 Å². The molecule has 2 saturated heterocycles. The molecular formula is C24H31N5OS. The van der Waals surface area contributed by atoms with Gasteiger partial charge < -0.3 is 14.5 Å². The highest BCUT2D eigenvalue weighted by atomic mass is 32.1. The number of likely N-dealkylation sites (N-methyl/N-ethyl adjacent to an activating group) is 1. The Hall–Kier alpha value is -2.22. The molecule has 3 aromatic rings. The van der Waals surface area contributed by atoms with Crippen LogP contribution in [0.4, 0.5) is 5.82 Å². The minimum Gasteiger partial charge on any atom is -0.497 e. The molecule has 164 valence electrons. The van der Waals surface area contributed by atoms with Gasteiger partial charge in [-0.25, -0.2) is 9.97 Å². The van der Waals surface area contributed by atoms with E-state index in [2.05, 4.69) is 44.2 Å². The summed E-state index contributed by atoms with van der Waals surface area (Å²) in [6.45, 7) is 6.79. The van der Waals surface area contributed by atoms with Crippen molar-refractivity contribution in [3.63, 3.8) is 0 Å². The first kappa shape index (κ1) is 20.7. The molecule has 2 aliphatic rings. The highest BCUT2D eigenvalue weighted by Crippen LogP contribution is 2.39. The lowest BCUT2D eigenvalue weighted by atomic mass is 10.1. The normalized spacial score (nSPS) is 21.4. The first-order chi connectivity index (χ1) is 15.2. The number of anilines is 1. The van der Waals surface area contributed by atoms with E-state index in [0.717, 1.165) is 29.5 Å². The summed E-state index contributed by atoms with van der Waals surface area (Å²) < 4.78 is 5.34. The van der Waals surface area contributed by atoms with Crippen molar-refractivity contribution in [3.05, 3.63) is 36.0 Å². The fourth-order valence-corrected chi connectivity index (χ4v) is 5.79. The SMILES string of the molecule is COc1ccc(-c2csc3ncnc(N4CCCCC(N5CCN(C)CC5)C4)c23)cc1. The predicted molar refractivity (Wildman–Crippen MR) is 128 cm³/mol. The zero-order chi connectivity index (χ0) is 21.2. The van der Waals surface area contributed by atoms with Crippen molar-refractivity contribution in [3.8, 4) is 16.9 Å². The largest absolute Gasteiger partial charge is 0.497 e. The molecule has 6 nitrogen and oxygen atoms in total. The van der Waals surface area contributed by atoms with Gasteiger partial charge in [0.15, 0.2) is 0 Å². The summed E-state index contributed by atoms with van der Waals surface area (Å²) in [5.41, 5.74) is 2.41. The molecule has 31 heavy (non-hydrogen) atoms. The Morgan fingerprint density at radius 1 is 1.00 bits per heavy atom. The summed E-state index contributed by atoms with van der Waals surface area (Å²) in [5.74, 6) is 1.97. The molecule has 5 rings (SSSR count). The van der Waals surface area contributed by atoms with Crippen LogP contribution in [0.2, 0.25) is 0 Å². The van der Waals surface area contributed by atoms with E-state index in [0.29, 0.717) is 6.04 Å². The van der Waals surface area contributed by atoms with Gasteiger partial charge in [0.05, 0.1) is 12.5 Å². The van der Waals surface area contributed by atoms with E-state index in [4.69, 9.17) is 9.72 Å². The molecular weight excluding hydrogens is 406 g/mol. The van der Waals surface area contributed by atoms with Gasteiger partial charge in [-0.1, -0.05) is 18.6 Å². The fraction of sp³-hybridized carbons (Fsp3) is 0.500. The molecule has 4 heterocycles. The van der Waals surface area contributed by atoms with Gasteiger partial charge in [-0.05, 0) is 37.6 Å². The van der Waals surface area contributed by atoms with Crippen molar-refractivity contribution in [1.29, 1.82) is 0 Å². The molecule has 1 unspecified atom stereocenters. The van der Waals surface area contributed by atoms with Crippen molar-refractivity contribution in [2.75, 3.05) is 58.3 Å². The number of piperazine rings is 1. The van der Waals surface area contributed by atoms with E-state index < -0.39 is 0 Å². The van der Waals surface area contributed by atoms with Crippen LogP contribution in [0.3, 0.4) is 0 Å². The zero-order valence-electron chi connectivity index (χ0n) is 18.5. The summed E-state index contributed by atoms with van der Waals surface area (Å²) in [6.07, 6.45) is 5.53. The van der Waals surface area contributed by atoms with Crippen molar-refractivity contribution in [1.82, 2.24) is 19.8 Å². The van der Waals surface area contributed by atoms with Crippen LogP contribution in [0, 0.1) is 0 Å². The molecule has 1 aromatic carbocycles. The van der Waals surface area contributed by atoms with Crippen molar-refractivity contribution >= 4 is 27.4 Å². The van der Waals surface area contributed by atoms with Gasteiger partial charge in [-0.2, -0.15) is 0 Å². The number of hydrogen-bond donors (Lipinski definition) is 0. The minimum atomic E-state index is 0.601. The van der Waals surface area contributed by atoms with Crippen molar-refractivity contribution in [2.24, 2.45) is 0 Å². The third-order valence-electron chi connectivity index (χ3n) is 6.75. The predicted octanol–water partition coefficient (Wildman–Crippen LogP) is 3.97. The van der Waals surface area contributed by atoms with E-state index in [1.54, 1.807) is 24.8 Å². The number of aromatic nitrogens is 2. The van der Waals surface area contributed by atoms with Crippen LogP contribution < -0.4 is 9.64 Å². The number of rotatable bonds is 4. The summed E-state index contributed by atoms with van der Waals surface area (Å²) >= 11 is 1.71. The van der Waals surface area contributed by atoms with E-state index >= 15 is 0 Å². The number of methoxy groups -OCH3 is 1. The smallest absolute Gasteiger partial charge is 0.141 e. The molecule has 0 bridgehead atoms. The van der Waals surface area contributed by atoms with Gasteiger partial charge in [-0.15, -0.1) is 11.3 Å². The summed E-state index contributed by atoms with van der Waals surface area (Å²) in [4.78, 5) is 18.2. The standard InChI is InChI=1S/C24H31N5OS/c1-27-11-13-28(14-12-27)19-5-3-4-10-29(15-19)23-22-21(16-31-24(22)26-17-25-23)18-6-8-20(30-2)9-7-18/h6-9,16-17,19H,3-5,10-15H2,1-2H3. The van der Waals surface area contributed by atoms with Crippen molar-refractivity contribution < 1.29 is 4.74 Å². The Morgan fingerprint density at radius 3 is 2.58 bits per heavy atom. The second kappa shape index (κ2) is 9.10. The molecule has 0 N–H and O–H groups in total. The first-order valence-electron chi connectivity index (χ1n) is 11.3. The van der Waals surface area contributed by atoms with Gasteiger partial charge >= 0.3 is 0 Å². The monoisotopic (exact) mass is 437 g/mol. The number of thiophene rings is 1. The molecule has 7 heteroatoms. The van der Waals surface area contributed by atoms with E-state index in [9.17, 15) is 0 Å². The fourth-order valence-electron chi connectivity index (χ4n) is 4.88. The zero-order valence-corrected chi connectivity index (χ0v) is 19.3. The highest BCUT2D eigenvalue weighted by Gasteiger charge is 2.28. The number of benzene rings is 1. The third-order valence-corrected chi connectivity index (χ3v) is 7.64. The van der Waals surface area contributed by atoms with Gasteiger partial charge in [-0.3, -0.25) is 4.90 Å². The second-order valence-corrected chi connectivity index (χ2v) is 9.55. The molecule has 0 radical (unpaired) electrons. The van der Waals surface area contributed by atoms with Crippen LogP contribution >= 0.6 is 11.3 Å². The maximum atomic E-state index is 5.34. The lowest BCUT2D eigenvalue weighted by Crippen LogP contribution is -2.52. The number of ether oxygens (including phenoxy) is 1. The first-order valence-corrected chi connectivity index (χ1v) is 12.1. The minimum absolute atomic E-state index is 0.601. The topological polar surface area (TPSA) is 44.7 Å². The second-order valence-electron chi connectivity index (χ2n) is 8.69. The number of fused-ring (bicyclic) bond motifs is 1. The van der Waals surface area contributed by atoms with Crippen LogP contribution in [0.15, 0.2) is 36.0 Å². The molecule has 2 aliphatic heterocycles. The third kappa shape index (κ3) is 4.27. The number of hydrogen-bond acceptors (Lipinski definition) is 7. The lowest BCUT2D eigenvalue weighted by molar-refractivity contribution is 0.110. The lowest BCUT2D eigenvalue weighted by Gasteiger charge is -2.39. The molecule has 2 aromatic heterocycles. The summed E-state index contributed by atoms with van der Waals surface area (Å²) in [7, 11) is 3.93. The Kier molecular flexibility index (Phi) is 6.07. The molecule has 0 spiro atoms. The highest BCUT2D eigenvalue weighted by molar-refractivity contribution is 7.17. The average molecular weight is 438 g/mol. The van der Waals surface area contributed by atoms with Crippen molar-refractivity contribution in [2.45, 2.75) is 25.3 Å². The quantitative estimate of drug-likeness (QED) is 0.615. The van der Waals surface area contributed by atoms with Gasteiger partial charge in [0.2, 0.25) is 0 Å². The van der Waals surface area contributed by atoms with Gasteiger partial charge in [0.25, 0.3) is 0 Å². The molecule has 0 aliphatic carbocycles. The number of nitrogens with zero attached hydrogens (tertiary/aromatic N) is 5. The molecule has 0 saturated carbocycles. The molecule has 0 amide bonds. The van der Waals surface area contributed by atoms with E-state index in [-0.39, 0.29) is 0 Å². The van der Waals surface area contributed by atoms with Gasteiger partial charge in [0.1, 0.15) is 22.7 Å². The van der Waals surface area contributed by atoms with Crippen LogP contribution in [0.25, 0.3) is 21.3 Å². The van der Waals surface area contributed by atoms with E-state index in [1.165, 1.54) is 62.0 Å². The van der Waals surface area contributed by atoms with Crippen LogP contribution in [0.1, 0.15) is 19.3 Å². The Balaban J connectivity index is 1.47. The Morgan fingerprint density at radius 2 is 1.81 bits per heavy atom.